The van der Waals surface area contributed by atoms with E-state index < -0.39 is 10.0 Å². The third-order valence-electron chi connectivity index (χ3n) is 5.56. The molecule has 32 heavy (non-hydrogen) atoms. The van der Waals surface area contributed by atoms with Crippen molar-refractivity contribution in [2.24, 2.45) is 5.92 Å². The maximum Gasteiger partial charge on any atom is 0.264 e. The van der Waals surface area contributed by atoms with Gasteiger partial charge in [0.05, 0.1) is 29.6 Å². The standard InChI is InChI=1S/C23H26ClN3O4S/c24-19-7-3-4-8-20(19)26-32(29,30)22-16-18(25-23(28)15-17-5-1-2-6-17)9-10-21(22)27-11-13-31-14-12-27/h1,3-5,7-10,16-17,26H,2,6,11-15H2,(H,25,28)/t17-/m0/s1. The molecule has 2 aromatic rings. The number of carbonyl (C=O) groups excluding carboxylic acids is 1. The van der Waals surface area contributed by atoms with Gasteiger partial charge in [0.15, 0.2) is 0 Å². The van der Waals surface area contributed by atoms with Gasteiger partial charge in [-0.3, -0.25) is 9.52 Å². The van der Waals surface area contributed by atoms with Crippen molar-refractivity contribution in [2.75, 3.05) is 41.2 Å². The summed E-state index contributed by atoms with van der Waals surface area (Å²) in [5, 5.41) is 3.16. The van der Waals surface area contributed by atoms with Crippen molar-refractivity contribution < 1.29 is 17.9 Å². The second-order valence-corrected chi connectivity index (χ2v) is 9.94. The van der Waals surface area contributed by atoms with Gasteiger partial charge in [0.25, 0.3) is 10.0 Å². The highest BCUT2D eigenvalue weighted by molar-refractivity contribution is 7.93. The second kappa shape index (κ2) is 9.94. The zero-order chi connectivity index (χ0) is 22.6. The average molecular weight is 476 g/mol. The van der Waals surface area contributed by atoms with Crippen LogP contribution in [-0.2, 0) is 19.6 Å². The fourth-order valence-corrected chi connectivity index (χ4v) is 5.50. The highest BCUT2D eigenvalue weighted by Gasteiger charge is 2.25. The second-order valence-electron chi connectivity index (χ2n) is 7.89. The molecule has 9 heteroatoms. The minimum Gasteiger partial charge on any atom is -0.378 e. The first-order valence-electron chi connectivity index (χ1n) is 10.6. The first-order valence-corrected chi connectivity index (χ1v) is 12.5. The van der Waals surface area contributed by atoms with Crippen molar-refractivity contribution in [3.05, 3.63) is 59.6 Å². The SMILES string of the molecule is O=C(C[C@H]1C=CCC1)Nc1ccc(N2CCOCC2)c(S(=O)(=O)Nc2ccccc2Cl)c1. The molecule has 0 unspecified atom stereocenters. The van der Waals surface area contributed by atoms with Crippen LogP contribution in [0.3, 0.4) is 0 Å². The Balaban J connectivity index is 1.63. The Hall–Kier alpha value is -2.55. The van der Waals surface area contributed by atoms with E-state index in [1.165, 1.54) is 6.07 Å². The van der Waals surface area contributed by atoms with E-state index in [4.69, 9.17) is 16.3 Å². The van der Waals surface area contributed by atoms with E-state index in [0.29, 0.717) is 54.8 Å². The fraction of sp³-hybridized carbons (Fsp3) is 0.348. The Bertz CT molecular complexity index is 1110. The molecule has 1 aliphatic heterocycles. The van der Waals surface area contributed by atoms with Gasteiger partial charge in [0.1, 0.15) is 4.90 Å². The topological polar surface area (TPSA) is 87.7 Å². The number of sulfonamides is 1. The highest BCUT2D eigenvalue weighted by Crippen LogP contribution is 2.32. The molecule has 7 nitrogen and oxygen atoms in total. The fourth-order valence-electron chi connectivity index (χ4n) is 3.93. The lowest BCUT2D eigenvalue weighted by molar-refractivity contribution is -0.116. The lowest BCUT2D eigenvalue weighted by Gasteiger charge is -2.30. The van der Waals surface area contributed by atoms with Crippen LogP contribution in [0.15, 0.2) is 59.5 Å². The maximum absolute atomic E-state index is 13.4. The molecule has 1 saturated heterocycles. The van der Waals surface area contributed by atoms with Crippen molar-refractivity contribution >= 4 is 44.6 Å². The highest BCUT2D eigenvalue weighted by atomic mass is 35.5. The summed E-state index contributed by atoms with van der Waals surface area (Å²) in [6.45, 7) is 2.19. The third kappa shape index (κ3) is 5.43. The van der Waals surface area contributed by atoms with Gasteiger partial charge in [-0.05, 0) is 49.1 Å². The summed E-state index contributed by atoms with van der Waals surface area (Å²) in [5.74, 6) is 0.0933. The summed E-state index contributed by atoms with van der Waals surface area (Å²) in [6.07, 6.45) is 6.47. The molecule has 170 valence electrons. The number of morpholine rings is 1. The minimum absolute atomic E-state index is 0.0814. The van der Waals surface area contributed by atoms with Gasteiger partial charge < -0.3 is 15.0 Å². The molecule has 0 bridgehead atoms. The summed E-state index contributed by atoms with van der Waals surface area (Å²) in [4.78, 5) is 14.6. The van der Waals surface area contributed by atoms with Crippen molar-refractivity contribution in [2.45, 2.75) is 24.2 Å². The lowest BCUT2D eigenvalue weighted by Crippen LogP contribution is -2.37. The summed E-state index contributed by atoms with van der Waals surface area (Å²) in [6, 6.07) is 11.6. The van der Waals surface area contributed by atoms with E-state index in [2.05, 4.69) is 22.2 Å². The molecule has 2 aromatic carbocycles. The third-order valence-corrected chi connectivity index (χ3v) is 7.29. The van der Waals surface area contributed by atoms with Crippen LogP contribution in [0.1, 0.15) is 19.3 Å². The zero-order valence-electron chi connectivity index (χ0n) is 17.6. The van der Waals surface area contributed by atoms with Gasteiger partial charge in [-0.25, -0.2) is 8.42 Å². The van der Waals surface area contributed by atoms with Crippen LogP contribution in [0.4, 0.5) is 17.1 Å². The molecule has 2 aliphatic rings. The largest absolute Gasteiger partial charge is 0.378 e. The Labute approximate surface area is 193 Å². The normalized spacial score (nSPS) is 18.5. The van der Waals surface area contributed by atoms with Crippen LogP contribution in [0, 0.1) is 5.92 Å². The van der Waals surface area contributed by atoms with Crippen molar-refractivity contribution in [3.8, 4) is 0 Å². The number of benzene rings is 2. The summed E-state index contributed by atoms with van der Waals surface area (Å²) in [5.41, 5.74) is 1.29. The first-order chi connectivity index (χ1) is 15.4. The number of rotatable bonds is 7. The molecule has 0 aromatic heterocycles. The van der Waals surface area contributed by atoms with Crippen LogP contribution in [0.2, 0.25) is 5.02 Å². The van der Waals surface area contributed by atoms with Crippen LogP contribution < -0.4 is 14.9 Å². The molecular formula is C23H26ClN3O4S. The predicted octanol–water partition coefficient (Wildman–Crippen LogP) is 4.27. The molecule has 2 N–H and O–H groups in total. The number of allylic oxidation sites excluding steroid dienone is 2. The van der Waals surface area contributed by atoms with Gasteiger partial charge in [0.2, 0.25) is 5.91 Å². The molecule has 0 spiro atoms. The number of nitrogens with one attached hydrogen (secondary N) is 2. The number of anilines is 3. The average Bonchev–Trinajstić information content (AvgIpc) is 3.29. The van der Waals surface area contributed by atoms with Crippen molar-refractivity contribution in [1.29, 1.82) is 0 Å². The van der Waals surface area contributed by atoms with E-state index in [-0.39, 0.29) is 16.7 Å². The van der Waals surface area contributed by atoms with Crippen LogP contribution in [-0.4, -0.2) is 40.6 Å². The van der Waals surface area contributed by atoms with E-state index in [0.717, 1.165) is 12.8 Å². The number of ether oxygens (including phenoxy) is 1. The van der Waals surface area contributed by atoms with Crippen LogP contribution in [0.25, 0.3) is 0 Å². The van der Waals surface area contributed by atoms with E-state index in [9.17, 15) is 13.2 Å². The molecule has 0 saturated carbocycles. The van der Waals surface area contributed by atoms with E-state index >= 15 is 0 Å². The summed E-state index contributed by atoms with van der Waals surface area (Å²) < 4.78 is 34.8. The van der Waals surface area contributed by atoms with Crippen molar-refractivity contribution in [1.82, 2.24) is 0 Å². The maximum atomic E-state index is 13.4. The zero-order valence-corrected chi connectivity index (χ0v) is 19.2. The monoisotopic (exact) mass is 475 g/mol. The number of amides is 1. The number of para-hydroxylation sites is 1. The quantitative estimate of drug-likeness (QED) is 0.584. The van der Waals surface area contributed by atoms with E-state index in [1.54, 1.807) is 36.4 Å². The Kier molecular flexibility index (Phi) is 7.03. The van der Waals surface area contributed by atoms with Gasteiger partial charge in [-0.2, -0.15) is 0 Å². The van der Waals surface area contributed by atoms with Crippen LogP contribution in [0.5, 0.6) is 0 Å². The Morgan fingerprint density at radius 1 is 1.16 bits per heavy atom. The molecule has 0 radical (unpaired) electrons. The first kappa shape index (κ1) is 22.6. The molecule has 4 rings (SSSR count). The number of hydrogen-bond acceptors (Lipinski definition) is 5. The molecule has 1 aliphatic carbocycles. The van der Waals surface area contributed by atoms with Gasteiger partial charge in [-0.15, -0.1) is 0 Å². The lowest BCUT2D eigenvalue weighted by atomic mass is 10.1. The van der Waals surface area contributed by atoms with Crippen LogP contribution >= 0.6 is 11.6 Å². The minimum atomic E-state index is -3.98. The smallest absolute Gasteiger partial charge is 0.264 e. The summed E-state index contributed by atoms with van der Waals surface area (Å²) in [7, 11) is -3.98. The predicted molar refractivity (Wildman–Crippen MR) is 127 cm³/mol. The number of halogens is 1. The molecule has 1 fully saturated rings. The van der Waals surface area contributed by atoms with E-state index in [1.807, 2.05) is 4.90 Å². The molecular weight excluding hydrogens is 450 g/mol. The molecule has 1 heterocycles. The van der Waals surface area contributed by atoms with Gasteiger partial charge in [0, 0.05) is 25.2 Å². The number of hydrogen-bond donors (Lipinski definition) is 2. The Morgan fingerprint density at radius 2 is 1.94 bits per heavy atom. The van der Waals surface area contributed by atoms with Gasteiger partial charge in [-0.1, -0.05) is 35.9 Å². The Morgan fingerprint density at radius 3 is 2.66 bits per heavy atom. The number of carbonyl (C=O) groups is 1. The number of nitrogens with zero attached hydrogens (tertiary/aromatic N) is 1. The molecule has 1 amide bonds. The van der Waals surface area contributed by atoms with Gasteiger partial charge >= 0.3 is 0 Å². The molecule has 1 atom stereocenters. The summed E-state index contributed by atoms with van der Waals surface area (Å²) >= 11 is 6.17. The van der Waals surface area contributed by atoms with Crippen molar-refractivity contribution in [3.63, 3.8) is 0 Å².